The Balaban J connectivity index is 2.65. The number of benzene rings is 1. The minimum Gasteiger partial charge on any atom is -0.377 e. The molecule has 0 spiro atoms. The highest BCUT2D eigenvalue weighted by Gasteiger charge is 2.02. The monoisotopic (exact) mass is 270 g/mol. The second kappa shape index (κ2) is 6.13. The van der Waals surface area contributed by atoms with Crippen molar-refractivity contribution in [3.05, 3.63) is 28.2 Å². The first-order valence-electron chi connectivity index (χ1n) is 5.31. The fraction of sp³-hybridized carbons (Fsp3) is 0.500. The fourth-order valence-electron chi connectivity index (χ4n) is 1.43. The largest absolute Gasteiger partial charge is 0.377 e. The molecule has 0 fully saturated rings. The van der Waals surface area contributed by atoms with Gasteiger partial charge in [0.05, 0.1) is 5.69 Å². The Morgan fingerprint density at radius 3 is 2.60 bits per heavy atom. The molecule has 0 aliphatic heterocycles. The number of anilines is 1. The Hall–Kier alpha value is -0.540. The van der Waals surface area contributed by atoms with Crippen LogP contribution in [0.15, 0.2) is 22.7 Å². The predicted molar refractivity (Wildman–Crippen MR) is 70.5 cm³/mol. The quantitative estimate of drug-likeness (QED) is 0.828. The van der Waals surface area contributed by atoms with E-state index in [2.05, 4.69) is 65.4 Å². The first-order valence-corrected chi connectivity index (χ1v) is 6.11. The van der Waals surface area contributed by atoms with Crippen molar-refractivity contribution in [3.63, 3.8) is 0 Å². The molecule has 15 heavy (non-hydrogen) atoms. The van der Waals surface area contributed by atoms with Crippen molar-refractivity contribution in [2.75, 3.05) is 25.5 Å². The summed E-state index contributed by atoms with van der Waals surface area (Å²) in [5, 5.41) is 3.39. The second-order valence-corrected chi connectivity index (χ2v) is 4.71. The predicted octanol–water partition coefficient (Wildman–Crippen LogP) is 3.01. The van der Waals surface area contributed by atoms with E-state index >= 15 is 0 Å². The van der Waals surface area contributed by atoms with E-state index in [1.807, 2.05) is 0 Å². The van der Waals surface area contributed by atoms with Gasteiger partial charge in [-0.1, -0.05) is 13.0 Å². The summed E-state index contributed by atoms with van der Waals surface area (Å²) in [6.45, 7) is 4.20. The average Bonchev–Trinajstić information content (AvgIpc) is 2.17. The van der Waals surface area contributed by atoms with Crippen LogP contribution in [-0.4, -0.2) is 20.6 Å². The Bertz CT molecular complexity index is 310. The summed E-state index contributed by atoms with van der Waals surface area (Å²) >= 11 is 3.59. The summed E-state index contributed by atoms with van der Waals surface area (Å²) in [4.78, 5) is 2.10. The fourth-order valence-corrected chi connectivity index (χ4v) is 2.21. The molecule has 0 saturated heterocycles. The van der Waals surface area contributed by atoms with Gasteiger partial charge in [0.1, 0.15) is 0 Å². The van der Waals surface area contributed by atoms with E-state index in [9.17, 15) is 0 Å². The van der Waals surface area contributed by atoms with Gasteiger partial charge < -0.3 is 10.2 Å². The zero-order chi connectivity index (χ0) is 11.3. The van der Waals surface area contributed by atoms with Crippen LogP contribution in [0.2, 0.25) is 0 Å². The summed E-state index contributed by atoms with van der Waals surface area (Å²) in [6.07, 6.45) is 1.18. The van der Waals surface area contributed by atoms with Crippen LogP contribution in [0.3, 0.4) is 0 Å². The molecule has 0 bridgehead atoms. The molecule has 0 radical (unpaired) electrons. The third-order valence-corrected chi connectivity index (χ3v) is 2.88. The van der Waals surface area contributed by atoms with Gasteiger partial charge >= 0.3 is 0 Å². The van der Waals surface area contributed by atoms with Crippen molar-refractivity contribution in [2.45, 2.75) is 19.9 Å². The molecule has 0 aromatic heterocycles. The van der Waals surface area contributed by atoms with Crippen LogP contribution >= 0.6 is 15.9 Å². The third-order valence-electron chi connectivity index (χ3n) is 2.25. The van der Waals surface area contributed by atoms with Crippen LogP contribution in [-0.2, 0) is 6.54 Å². The number of hydrogen-bond acceptors (Lipinski definition) is 2. The summed E-state index contributed by atoms with van der Waals surface area (Å²) in [6, 6.07) is 6.49. The molecule has 0 aliphatic rings. The molecule has 0 heterocycles. The molecule has 1 aromatic rings. The van der Waals surface area contributed by atoms with Gasteiger partial charge in [-0.3, -0.25) is 0 Å². The zero-order valence-corrected chi connectivity index (χ0v) is 11.3. The molecule has 1 aromatic carbocycles. The van der Waals surface area contributed by atoms with Crippen LogP contribution in [0.4, 0.5) is 5.69 Å². The smallest absolute Gasteiger partial charge is 0.0505 e. The molecule has 0 unspecified atom stereocenters. The number of halogens is 1. The van der Waals surface area contributed by atoms with E-state index < -0.39 is 0 Å². The van der Waals surface area contributed by atoms with Crippen LogP contribution in [0.25, 0.3) is 0 Å². The first kappa shape index (κ1) is 12.5. The topological polar surface area (TPSA) is 15.3 Å². The number of rotatable bonds is 5. The second-order valence-electron chi connectivity index (χ2n) is 3.86. The van der Waals surface area contributed by atoms with Gasteiger partial charge in [-0.15, -0.1) is 0 Å². The molecule has 0 aliphatic carbocycles. The van der Waals surface area contributed by atoms with Gasteiger partial charge in [-0.2, -0.15) is 0 Å². The summed E-state index contributed by atoms with van der Waals surface area (Å²) in [5.74, 6) is 0. The van der Waals surface area contributed by atoms with Crippen molar-refractivity contribution in [2.24, 2.45) is 0 Å². The van der Waals surface area contributed by atoms with Gasteiger partial charge in [0.2, 0.25) is 0 Å². The van der Waals surface area contributed by atoms with Crippen LogP contribution < -0.4 is 10.2 Å². The standard InChI is InChI=1S/C12H19BrN2/c1-4-7-14-9-10-5-6-12(15(2)3)11(13)8-10/h5-6,8,14H,4,7,9H2,1-3H3. The lowest BCUT2D eigenvalue weighted by molar-refractivity contribution is 0.675. The van der Waals surface area contributed by atoms with E-state index in [4.69, 9.17) is 0 Å². The maximum atomic E-state index is 3.59. The molecule has 0 atom stereocenters. The Morgan fingerprint density at radius 1 is 1.33 bits per heavy atom. The number of hydrogen-bond donors (Lipinski definition) is 1. The van der Waals surface area contributed by atoms with Gasteiger partial charge in [-0.05, 0) is 46.6 Å². The molecule has 1 N–H and O–H groups in total. The number of nitrogens with zero attached hydrogens (tertiary/aromatic N) is 1. The highest BCUT2D eigenvalue weighted by molar-refractivity contribution is 9.10. The highest BCUT2D eigenvalue weighted by Crippen LogP contribution is 2.25. The molecule has 0 saturated carbocycles. The van der Waals surface area contributed by atoms with E-state index in [1.54, 1.807) is 0 Å². The minimum absolute atomic E-state index is 0.945. The SMILES string of the molecule is CCCNCc1ccc(N(C)C)c(Br)c1. The Kier molecular flexibility index (Phi) is 5.12. The van der Waals surface area contributed by atoms with Crippen molar-refractivity contribution in [1.29, 1.82) is 0 Å². The maximum Gasteiger partial charge on any atom is 0.0505 e. The maximum absolute atomic E-state index is 3.59. The molecular formula is C12H19BrN2. The first-order chi connectivity index (χ1) is 7.15. The van der Waals surface area contributed by atoms with E-state index in [0.717, 1.165) is 17.6 Å². The van der Waals surface area contributed by atoms with Crippen molar-refractivity contribution >= 4 is 21.6 Å². The highest BCUT2D eigenvalue weighted by atomic mass is 79.9. The van der Waals surface area contributed by atoms with Crippen LogP contribution in [0, 0.1) is 0 Å². The van der Waals surface area contributed by atoms with Crippen molar-refractivity contribution < 1.29 is 0 Å². The van der Waals surface area contributed by atoms with Gasteiger partial charge in [0.25, 0.3) is 0 Å². The molecule has 0 amide bonds. The third kappa shape index (κ3) is 3.84. The summed E-state index contributed by atoms with van der Waals surface area (Å²) in [5.41, 5.74) is 2.54. The van der Waals surface area contributed by atoms with Crippen LogP contribution in [0.1, 0.15) is 18.9 Å². The summed E-state index contributed by atoms with van der Waals surface area (Å²) < 4.78 is 1.16. The molecular weight excluding hydrogens is 252 g/mol. The van der Waals surface area contributed by atoms with Crippen molar-refractivity contribution in [1.82, 2.24) is 5.32 Å². The minimum atomic E-state index is 0.945. The van der Waals surface area contributed by atoms with Gasteiger partial charge in [0.15, 0.2) is 0 Å². The average molecular weight is 271 g/mol. The molecule has 84 valence electrons. The lowest BCUT2D eigenvalue weighted by atomic mass is 10.2. The number of nitrogens with one attached hydrogen (secondary N) is 1. The molecule has 2 nitrogen and oxygen atoms in total. The van der Waals surface area contributed by atoms with E-state index in [1.165, 1.54) is 17.7 Å². The lowest BCUT2D eigenvalue weighted by Gasteiger charge is -2.15. The molecule has 3 heteroatoms. The van der Waals surface area contributed by atoms with Crippen molar-refractivity contribution in [3.8, 4) is 0 Å². The lowest BCUT2D eigenvalue weighted by Crippen LogP contribution is -2.14. The van der Waals surface area contributed by atoms with E-state index in [-0.39, 0.29) is 0 Å². The normalized spacial score (nSPS) is 10.4. The zero-order valence-electron chi connectivity index (χ0n) is 9.68. The summed E-state index contributed by atoms with van der Waals surface area (Å²) in [7, 11) is 4.10. The Labute approximate surface area is 101 Å². The van der Waals surface area contributed by atoms with Gasteiger partial charge in [0, 0.05) is 25.1 Å². The van der Waals surface area contributed by atoms with E-state index in [0.29, 0.717) is 0 Å². The molecule has 1 rings (SSSR count). The van der Waals surface area contributed by atoms with Crippen LogP contribution in [0.5, 0.6) is 0 Å². The Morgan fingerprint density at radius 2 is 2.07 bits per heavy atom. The van der Waals surface area contributed by atoms with Gasteiger partial charge in [-0.25, -0.2) is 0 Å².